The second-order valence-electron chi connectivity index (χ2n) is 4.31. The lowest BCUT2D eigenvalue weighted by molar-refractivity contribution is 0.906. The first kappa shape index (κ1) is 14.0. The molecule has 1 heterocycles. The zero-order chi connectivity index (χ0) is 13.8. The van der Waals surface area contributed by atoms with E-state index < -0.39 is 0 Å². The van der Waals surface area contributed by atoms with Crippen LogP contribution >= 0.6 is 23.1 Å². The lowest BCUT2D eigenvalue weighted by Crippen LogP contribution is -2.06. The summed E-state index contributed by atoms with van der Waals surface area (Å²) in [7, 11) is 0. The van der Waals surface area contributed by atoms with Crippen LogP contribution in [0, 0.1) is 18.3 Å². The van der Waals surface area contributed by atoms with Gasteiger partial charge in [0, 0.05) is 14.6 Å². The highest BCUT2D eigenvalue weighted by Gasteiger charge is 2.12. The SMILES string of the molecule is CSc1cccc(NC(C)c2ccc(C)s2)c1C#N. The van der Waals surface area contributed by atoms with E-state index in [4.69, 9.17) is 0 Å². The summed E-state index contributed by atoms with van der Waals surface area (Å²) < 4.78 is 0. The van der Waals surface area contributed by atoms with Crippen LogP contribution in [-0.4, -0.2) is 6.26 Å². The zero-order valence-corrected chi connectivity index (χ0v) is 12.9. The topological polar surface area (TPSA) is 35.8 Å². The molecule has 0 saturated carbocycles. The maximum absolute atomic E-state index is 9.32. The van der Waals surface area contributed by atoms with E-state index in [1.54, 1.807) is 23.1 Å². The Bertz CT molecular complexity index is 611. The number of nitrogens with zero attached hydrogens (tertiary/aromatic N) is 1. The molecule has 0 spiro atoms. The highest BCUT2D eigenvalue weighted by Crippen LogP contribution is 2.30. The van der Waals surface area contributed by atoms with Crippen molar-refractivity contribution in [2.24, 2.45) is 0 Å². The number of nitrogens with one attached hydrogen (secondary N) is 1. The van der Waals surface area contributed by atoms with Gasteiger partial charge in [-0.05, 0) is 44.4 Å². The summed E-state index contributed by atoms with van der Waals surface area (Å²) in [6.45, 7) is 4.23. The number of nitriles is 1. The maximum Gasteiger partial charge on any atom is 0.102 e. The van der Waals surface area contributed by atoms with E-state index in [2.05, 4.69) is 37.4 Å². The summed E-state index contributed by atoms with van der Waals surface area (Å²) in [4.78, 5) is 3.61. The van der Waals surface area contributed by atoms with Crippen molar-refractivity contribution in [3.63, 3.8) is 0 Å². The number of anilines is 1. The van der Waals surface area contributed by atoms with Crippen LogP contribution in [-0.2, 0) is 0 Å². The van der Waals surface area contributed by atoms with Gasteiger partial charge in [-0.25, -0.2) is 0 Å². The summed E-state index contributed by atoms with van der Waals surface area (Å²) in [5, 5.41) is 12.8. The number of benzene rings is 1. The molecular formula is C15H16N2S2. The second-order valence-corrected chi connectivity index (χ2v) is 6.48. The molecule has 19 heavy (non-hydrogen) atoms. The Kier molecular flexibility index (Phi) is 4.52. The van der Waals surface area contributed by atoms with Gasteiger partial charge in [0.1, 0.15) is 6.07 Å². The van der Waals surface area contributed by atoms with Gasteiger partial charge in [-0.15, -0.1) is 23.1 Å². The van der Waals surface area contributed by atoms with Gasteiger partial charge in [0.15, 0.2) is 0 Å². The molecule has 4 heteroatoms. The van der Waals surface area contributed by atoms with E-state index in [0.717, 1.165) is 16.1 Å². The quantitative estimate of drug-likeness (QED) is 0.819. The number of rotatable bonds is 4. The Morgan fingerprint density at radius 1 is 1.32 bits per heavy atom. The molecule has 0 fully saturated rings. The zero-order valence-electron chi connectivity index (χ0n) is 11.2. The van der Waals surface area contributed by atoms with Crippen LogP contribution < -0.4 is 5.32 Å². The Labute approximate surface area is 122 Å². The summed E-state index contributed by atoms with van der Waals surface area (Å²) in [5.74, 6) is 0. The van der Waals surface area contributed by atoms with Crippen LogP contribution in [0.4, 0.5) is 5.69 Å². The average Bonchev–Trinajstić information content (AvgIpc) is 2.85. The first-order chi connectivity index (χ1) is 9.15. The minimum Gasteiger partial charge on any atom is -0.377 e. The molecule has 98 valence electrons. The van der Waals surface area contributed by atoms with Gasteiger partial charge in [0.25, 0.3) is 0 Å². The van der Waals surface area contributed by atoms with E-state index >= 15 is 0 Å². The van der Waals surface area contributed by atoms with Gasteiger partial charge in [0.2, 0.25) is 0 Å². The Morgan fingerprint density at radius 3 is 2.68 bits per heavy atom. The maximum atomic E-state index is 9.32. The molecule has 0 aliphatic carbocycles. The van der Waals surface area contributed by atoms with Crippen LogP contribution in [0.1, 0.15) is 28.3 Å². The number of hydrogen-bond donors (Lipinski definition) is 1. The first-order valence-electron chi connectivity index (χ1n) is 6.05. The molecule has 0 aliphatic heterocycles. The van der Waals surface area contributed by atoms with Gasteiger partial charge in [-0.1, -0.05) is 6.07 Å². The lowest BCUT2D eigenvalue weighted by Gasteiger charge is -2.16. The molecule has 0 bridgehead atoms. The molecule has 0 saturated heterocycles. The summed E-state index contributed by atoms with van der Waals surface area (Å²) >= 11 is 3.39. The fourth-order valence-electron chi connectivity index (χ4n) is 1.93. The van der Waals surface area contributed by atoms with Gasteiger partial charge in [0.05, 0.1) is 17.3 Å². The van der Waals surface area contributed by atoms with Crippen molar-refractivity contribution in [3.8, 4) is 6.07 Å². The third-order valence-electron chi connectivity index (χ3n) is 2.92. The lowest BCUT2D eigenvalue weighted by atomic mass is 10.1. The fraction of sp³-hybridized carbons (Fsp3) is 0.267. The van der Waals surface area contributed by atoms with E-state index in [9.17, 15) is 5.26 Å². The fourth-order valence-corrected chi connectivity index (χ4v) is 3.38. The van der Waals surface area contributed by atoms with Crippen molar-refractivity contribution in [3.05, 3.63) is 45.6 Å². The third-order valence-corrected chi connectivity index (χ3v) is 4.88. The summed E-state index contributed by atoms with van der Waals surface area (Å²) in [6, 6.07) is 12.7. The molecule has 0 radical (unpaired) electrons. The summed E-state index contributed by atoms with van der Waals surface area (Å²) in [6.07, 6.45) is 1.99. The predicted octanol–water partition coefficient (Wildman–Crippen LogP) is 4.82. The highest BCUT2D eigenvalue weighted by atomic mass is 32.2. The average molecular weight is 288 g/mol. The minimum absolute atomic E-state index is 0.211. The van der Waals surface area contributed by atoms with Crippen molar-refractivity contribution < 1.29 is 0 Å². The smallest absolute Gasteiger partial charge is 0.102 e. The van der Waals surface area contributed by atoms with E-state index in [1.807, 2.05) is 24.5 Å². The van der Waals surface area contributed by atoms with Crippen LogP contribution in [0.2, 0.25) is 0 Å². The van der Waals surface area contributed by atoms with Gasteiger partial charge in [-0.2, -0.15) is 5.26 Å². The van der Waals surface area contributed by atoms with Crippen LogP contribution in [0.3, 0.4) is 0 Å². The summed E-state index contributed by atoms with van der Waals surface area (Å²) in [5.41, 5.74) is 1.64. The van der Waals surface area contributed by atoms with Crippen LogP contribution in [0.25, 0.3) is 0 Å². The Morgan fingerprint density at radius 2 is 2.11 bits per heavy atom. The van der Waals surface area contributed by atoms with Gasteiger partial charge in [-0.3, -0.25) is 0 Å². The van der Waals surface area contributed by atoms with E-state index in [1.165, 1.54) is 9.75 Å². The van der Waals surface area contributed by atoms with Crippen molar-refractivity contribution in [2.75, 3.05) is 11.6 Å². The molecule has 0 amide bonds. The number of hydrogen-bond acceptors (Lipinski definition) is 4. The van der Waals surface area contributed by atoms with Crippen LogP contribution in [0.15, 0.2) is 35.2 Å². The normalized spacial score (nSPS) is 11.9. The van der Waals surface area contributed by atoms with Crippen molar-refractivity contribution >= 4 is 28.8 Å². The van der Waals surface area contributed by atoms with Crippen molar-refractivity contribution in [1.82, 2.24) is 0 Å². The number of aryl methyl sites for hydroxylation is 1. The minimum atomic E-state index is 0.211. The Hall–Kier alpha value is -1.44. The first-order valence-corrected chi connectivity index (χ1v) is 8.09. The molecule has 2 rings (SSSR count). The largest absolute Gasteiger partial charge is 0.377 e. The van der Waals surface area contributed by atoms with Gasteiger partial charge >= 0.3 is 0 Å². The molecule has 1 atom stereocenters. The molecule has 1 unspecified atom stereocenters. The molecule has 1 N–H and O–H groups in total. The third kappa shape index (κ3) is 3.12. The van der Waals surface area contributed by atoms with E-state index in [-0.39, 0.29) is 6.04 Å². The molecule has 0 aliphatic rings. The molecule has 2 nitrogen and oxygen atoms in total. The van der Waals surface area contributed by atoms with Crippen molar-refractivity contribution in [1.29, 1.82) is 5.26 Å². The van der Waals surface area contributed by atoms with Gasteiger partial charge < -0.3 is 5.32 Å². The standard InChI is InChI=1S/C15H16N2S2/c1-10-7-8-14(19-10)11(2)17-13-5-4-6-15(18-3)12(13)9-16/h4-8,11,17H,1-3H3. The number of thiophene rings is 1. The van der Waals surface area contributed by atoms with E-state index in [0.29, 0.717) is 0 Å². The predicted molar refractivity (Wildman–Crippen MR) is 84.0 cm³/mol. The highest BCUT2D eigenvalue weighted by molar-refractivity contribution is 7.98. The second kappa shape index (κ2) is 6.14. The molecular weight excluding hydrogens is 272 g/mol. The van der Waals surface area contributed by atoms with Crippen molar-refractivity contribution in [2.45, 2.75) is 24.8 Å². The molecule has 1 aromatic carbocycles. The Balaban J connectivity index is 2.26. The van der Waals surface area contributed by atoms with Crippen LogP contribution in [0.5, 0.6) is 0 Å². The molecule has 1 aromatic heterocycles. The molecule has 2 aromatic rings. The monoisotopic (exact) mass is 288 g/mol. The number of thioether (sulfide) groups is 1.